The third kappa shape index (κ3) is 2.67. The van der Waals surface area contributed by atoms with Crippen LogP contribution in [-0.4, -0.2) is 11.7 Å². The molecule has 74 valence electrons. The number of nitrogens with zero attached hydrogens (tertiary/aromatic N) is 1. The van der Waals surface area contributed by atoms with Crippen LogP contribution in [0.3, 0.4) is 0 Å². The maximum absolute atomic E-state index is 9.35. The molecule has 0 spiro atoms. The van der Waals surface area contributed by atoms with Crippen LogP contribution in [0.2, 0.25) is 0 Å². The summed E-state index contributed by atoms with van der Waals surface area (Å²) in [4.78, 5) is 0. The predicted molar refractivity (Wildman–Crippen MR) is 53.2 cm³/mol. The van der Waals surface area contributed by atoms with E-state index in [4.69, 9.17) is 10.00 Å². The third-order valence-corrected chi connectivity index (χ3v) is 1.67. The number of hydrogen-bond acceptors (Lipinski definition) is 3. The van der Waals surface area contributed by atoms with Gasteiger partial charge in [-0.05, 0) is 18.1 Å². The summed E-state index contributed by atoms with van der Waals surface area (Å²) in [5.74, 6) is 0.997. The standard InChI is InChI=1S/C11H13NO2/c1-8(2)7-14-10-4-3-9(6-12)11(13)5-10/h3-5,8,13H,7H2,1-2H3. The van der Waals surface area contributed by atoms with E-state index in [1.807, 2.05) is 19.9 Å². The maximum Gasteiger partial charge on any atom is 0.137 e. The molecule has 0 aliphatic heterocycles. The molecule has 3 heteroatoms. The fourth-order valence-corrected chi connectivity index (χ4v) is 0.959. The molecular weight excluding hydrogens is 178 g/mol. The van der Waals surface area contributed by atoms with Crippen molar-refractivity contribution in [2.45, 2.75) is 13.8 Å². The van der Waals surface area contributed by atoms with Crippen LogP contribution in [-0.2, 0) is 0 Å². The molecule has 0 saturated carbocycles. The van der Waals surface area contributed by atoms with Gasteiger partial charge in [-0.2, -0.15) is 5.26 Å². The number of aromatic hydroxyl groups is 1. The Morgan fingerprint density at radius 1 is 1.50 bits per heavy atom. The fraction of sp³-hybridized carbons (Fsp3) is 0.364. The topological polar surface area (TPSA) is 53.2 Å². The SMILES string of the molecule is CC(C)COc1ccc(C#N)c(O)c1. The predicted octanol–water partition coefficient (Wildman–Crippen LogP) is 2.30. The van der Waals surface area contributed by atoms with E-state index < -0.39 is 0 Å². The van der Waals surface area contributed by atoms with E-state index in [1.165, 1.54) is 6.07 Å². The van der Waals surface area contributed by atoms with Crippen molar-refractivity contribution in [3.05, 3.63) is 23.8 Å². The largest absolute Gasteiger partial charge is 0.506 e. The summed E-state index contributed by atoms with van der Waals surface area (Å²) in [7, 11) is 0. The van der Waals surface area contributed by atoms with Gasteiger partial charge in [-0.25, -0.2) is 0 Å². The van der Waals surface area contributed by atoms with E-state index in [9.17, 15) is 5.11 Å². The van der Waals surface area contributed by atoms with Gasteiger partial charge in [0.2, 0.25) is 0 Å². The first-order chi connectivity index (χ1) is 6.63. The quantitative estimate of drug-likeness (QED) is 0.797. The monoisotopic (exact) mass is 191 g/mol. The summed E-state index contributed by atoms with van der Waals surface area (Å²) >= 11 is 0. The van der Waals surface area contributed by atoms with Crippen LogP contribution >= 0.6 is 0 Å². The summed E-state index contributed by atoms with van der Waals surface area (Å²) < 4.78 is 5.38. The van der Waals surface area contributed by atoms with Crippen molar-refractivity contribution in [2.75, 3.05) is 6.61 Å². The van der Waals surface area contributed by atoms with Crippen molar-refractivity contribution in [3.63, 3.8) is 0 Å². The second kappa shape index (κ2) is 4.52. The number of rotatable bonds is 3. The molecule has 0 unspecified atom stereocenters. The van der Waals surface area contributed by atoms with Crippen LogP contribution in [0.5, 0.6) is 11.5 Å². The van der Waals surface area contributed by atoms with E-state index in [1.54, 1.807) is 12.1 Å². The van der Waals surface area contributed by atoms with E-state index in [0.717, 1.165) is 0 Å². The number of benzene rings is 1. The van der Waals surface area contributed by atoms with Crippen LogP contribution in [0.1, 0.15) is 19.4 Å². The van der Waals surface area contributed by atoms with Crippen LogP contribution in [0, 0.1) is 17.2 Å². The van der Waals surface area contributed by atoms with Gasteiger partial charge in [-0.15, -0.1) is 0 Å². The van der Waals surface area contributed by atoms with Gasteiger partial charge in [0.25, 0.3) is 0 Å². The number of phenols is 1. The van der Waals surface area contributed by atoms with Crippen molar-refractivity contribution in [2.24, 2.45) is 5.92 Å². The molecule has 1 N–H and O–H groups in total. The average molecular weight is 191 g/mol. The third-order valence-electron chi connectivity index (χ3n) is 1.67. The first kappa shape index (κ1) is 10.4. The molecule has 0 aliphatic carbocycles. The van der Waals surface area contributed by atoms with Gasteiger partial charge >= 0.3 is 0 Å². The smallest absolute Gasteiger partial charge is 0.137 e. The number of ether oxygens (including phenoxy) is 1. The van der Waals surface area contributed by atoms with E-state index in [0.29, 0.717) is 18.3 Å². The van der Waals surface area contributed by atoms with Gasteiger partial charge in [-0.3, -0.25) is 0 Å². The Kier molecular flexibility index (Phi) is 3.35. The maximum atomic E-state index is 9.35. The molecule has 0 saturated heterocycles. The Morgan fingerprint density at radius 2 is 2.21 bits per heavy atom. The minimum absolute atomic E-state index is 0.0336. The number of phenolic OH excluding ortho intramolecular Hbond substituents is 1. The molecular formula is C11H13NO2. The van der Waals surface area contributed by atoms with Gasteiger partial charge in [0.05, 0.1) is 12.2 Å². The molecule has 1 rings (SSSR count). The molecule has 0 atom stereocenters. The lowest BCUT2D eigenvalue weighted by Crippen LogP contribution is -2.04. The zero-order valence-corrected chi connectivity index (χ0v) is 8.32. The molecule has 0 radical (unpaired) electrons. The Hall–Kier alpha value is -1.69. The number of nitriles is 1. The van der Waals surface area contributed by atoms with Crippen molar-refractivity contribution in [1.82, 2.24) is 0 Å². The van der Waals surface area contributed by atoms with Gasteiger partial charge < -0.3 is 9.84 Å². The van der Waals surface area contributed by atoms with Gasteiger partial charge in [0.1, 0.15) is 17.6 Å². The Balaban J connectivity index is 2.73. The Labute approximate surface area is 83.6 Å². The lowest BCUT2D eigenvalue weighted by molar-refractivity contribution is 0.270. The van der Waals surface area contributed by atoms with Crippen molar-refractivity contribution in [3.8, 4) is 17.6 Å². The minimum atomic E-state index is -0.0336. The number of hydrogen-bond donors (Lipinski definition) is 1. The minimum Gasteiger partial charge on any atom is -0.506 e. The molecule has 0 amide bonds. The molecule has 3 nitrogen and oxygen atoms in total. The first-order valence-electron chi connectivity index (χ1n) is 4.49. The zero-order chi connectivity index (χ0) is 10.6. The summed E-state index contributed by atoms with van der Waals surface area (Å²) in [6.07, 6.45) is 0. The highest BCUT2D eigenvalue weighted by Gasteiger charge is 2.02. The highest BCUT2D eigenvalue weighted by molar-refractivity contribution is 5.46. The van der Waals surface area contributed by atoms with E-state index in [-0.39, 0.29) is 11.3 Å². The van der Waals surface area contributed by atoms with E-state index >= 15 is 0 Å². The zero-order valence-electron chi connectivity index (χ0n) is 8.32. The second-order valence-electron chi connectivity index (χ2n) is 3.50. The summed E-state index contributed by atoms with van der Waals surface area (Å²) in [5.41, 5.74) is 0.266. The normalized spacial score (nSPS) is 9.86. The van der Waals surface area contributed by atoms with Crippen LogP contribution in [0.4, 0.5) is 0 Å². The lowest BCUT2D eigenvalue weighted by Gasteiger charge is -2.08. The molecule has 0 heterocycles. The highest BCUT2D eigenvalue weighted by Crippen LogP contribution is 2.22. The van der Waals surface area contributed by atoms with Crippen molar-refractivity contribution >= 4 is 0 Å². The lowest BCUT2D eigenvalue weighted by atomic mass is 10.2. The Morgan fingerprint density at radius 3 is 2.71 bits per heavy atom. The molecule has 14 heavy (non-hydrogen) atoms. The van der Waals surface area contributed by atoms with Crippen molar-refractivity contribution < 1.29 is 9.84 Å². The molecule has 0 bridgehead atoms. The summed E-state index contributed by atoms with van der Waals surface area (Å²) in [6, 6.07) is 6.57. The molecule has 1 aromatic rings. The fourth-order valence-electron chi connectivity index (χ4n) is 0.959. The molecule has 1 aromatic carbocycles. The summed E-state index contributed by atoms with van der Waals surface area (Å²) in [6.45, 7) is 4.69. The van der Waals surface area contributed by atoms with Gasteiger partial charge in [0.15, 0.2) is 0 Å². The van der Waals surface area contributed by atoms with Crippen LogP contribution in [0.25, 0.3) is 0 Å². The summed E-state index contributed by atoms with van der Waals surface area (Å²) in [5, 5.41) is 17.9. The van der Waals surface area contributed by atoms with Gasteiger partial charge in [0, 0.05) is 6.07 Å². The Bertz CT molecular complexity index is 353. The molecule has 0 aliphatic rings. The van der Waals surface area contributed by atoms with Crippen molar-refractivity contribution in [1.29, 1.82) is 5.26 Å². The average Bonchev–Trinajstić information content (AvgIpc) is 2.15. The van der Waals surface area contributed by atoms with Crippen LogP contribution < -0.4 is 4.74 Å². The highest BCUT2D eigenvalue weighted by atomic mass is 16.5. The van der Waals surface area contributed by atoms with Gasteiger partial charge in [-0.1, -0.05) is 13.8 Å². The van der Waals surface area contributed by atoms with E-state index in [2.05, 4.69) is 0 Å². The first-order valence-corrected chi connectivity index (χ1v) is 4.49. The second-order valence-corrected chi connectivity index (χ2v) is 3.50. The molecule has 0 fully saturated rings. The molecule has 0 aromatic heterocycles. The van der Waals surface area contributed by atoms with Crippen LogP contribution in [0.15, 0.2) is 18.2 Å².